The third-order valence-corrected chi connectivity index (χ3v) is 3.71. The Bertz CT molecular complexity index is 298. The Morgan fingerprint density at radius 1 is 1.69 bits per heavy atom. The van der Waals surface area contributed by atoms with Gasteiger partial charge in [0.25, 0.3) is 0 Å². The van der Waals surface area contributed by atoms with E-state index in [1.54, 1.807) is 11.3 Å². The summed E-state index contributed by atoms with van der Waals surface area (Å²) in [5.41, 5.74) is 0. The first-order valence-electron chi connectivity index (χ1n) is 3.80. The molecule has 0 atom stereocenters. The highest BCUT2D eigenvalue weighted by molar-refractivity contribution is 9.11. The first-order valence-corrected chi connectivity index (χ1v) is 5.82. The summed E-state index contributed by atoms with van der Waals surface area (Å²) in [4.78, 5) is 3.31. The average Bonchev–Trinajstić information content (AvgIpc) is 2.49. The zero-order chi connectivity index (χ0) is 9.84. The van der Waals surface area contributed by atoms with Crippen LogP contribution in [0.1, 0.15) is 4.88 Å². The number of thiophene rings is 1. The van der Waals surface area contributed by atoms with Crippen LogP contribution in [0.5, 0.6) is 0 Å². The molecule has 1 N–H and O–H groups in total. The second kappa shape index (κ2) is 4.93. The predicted molar refractivity (Wildman–Crippen MR) is 65.1 cm³/mol. The van der Waals surface area contributed by atoms with Crippen LogP contribution in [-0.2, 0) is 6.54 Å². The fourth-order valence-electron chi connectivity index (χ4n) is 0.933. The van der Waals surface area contributed by atoms with Gasteiger partial charge in [0.15, 0.2) is 5.11 Å². The lowest BCUT2D eigenvalue weighted by atomic mass is 10.4. The van der Waals surface area contributed by atoms with Gasteiger partial charge in [-0.2, -0.15) is 0 Å². The van der Waals surface area contributed by atoms with E-state index in [9.17, 15) is 0 Å². The maximum Gasteiger partial charge on any atom is 0.168 e. The average molecular weight is 279 g/mol. The summed E-state index contributed by atoms with van der Waals surface area (Å²) in [6.45, 7) is 0.857. The third kappa shape index (κ3) is 3.25. The van der Waals surface area contributed by atoms with E-state index >= 15 is 0 Å². The summed E-state index contributed by atoms with van der Waals surface area (Å²) in [5.74, 6) is 0. The minimum absolute atomic E-state index is 0.768. The third-order valence-electron chi connectivity index (χ3n) is 1.58. The maximum atomic E-state index is 5.09. The van der Waals surface area contributed by atoms with Crippen LogP contribution in [0.15, 0.2) is 15.9 Å². The molecule has 1 aromatic heterocycles. The summed E-state index contributed by atoms with van der Waals surface area (Å²) in [6, 6.07) is 4.15. The maximum absolute atomic E-state index is 5.09. The van der Waals surface area contributed by atoms with Crippen LogP contribution in [0.3, 0.4) is 0 Å². The topological polar surface area (TPSA) is 15.3 Å². The Morgan fingerprint density at radius 2 is 2.38 bits per heavy atom. The molecule has 0 spiro atoms. The zero-order valence-electron chi connectivity index (χ0n) is 7.50. The molecule has 0 aromatic carbocycles. The second-order valence-electron chi connectivity index (χ2n) is 2.62. The van der Waals surface area contributed by atoms with E-state index < -0.39 is 0 Å². The van der Waals surface area contributed by atoms with Crippen LogP contribution in [0.25, 0.3) is 0 Å². The Hall–Kier alpha value is -0.130. The van der Waals surface area contributed by atoms with Gasteiger partial charge >= 0.3 is 0 Å². The Labute approximate surface area is 96.1 Å². The van der Waals surface area contributed by atoms with Gasteiger partial charge in [0.2, 0.25) is 0 Å². The number of hydrogen-bond acceptors (Lipinski definition) is 2. The highest BCUT2D eigenvalue weighted by Gasteiger charge is 2.04. The number of nitrogens with zero attached hydrogens (tertiary/aromatic N) is 1. The Balaban J connectivity index is 2.54. The molecule has 0 saturated heterocycles. The highest BCUT2D eigenvalue weighted by atomic mass is 79.9. The molecule has 1 rings (SSSR count). The lowest BCUT2D eigenvalue weighted by molar-refractivity contribution is 0.500. The van der Waals surface area contributed by atoms with Gasteiger partial charge in [-0.1, -0.05) is 0 Å². The number of rotatable bonds is 2. The molecule has 1 aromatic rings. The minimum atomic E-state index is 0.768. The standard InChI is InChI=1S/C8H11BrN2S2/c1-10-8(12)11(2)5-6-3-4-7(9)13-6/h3-4H,5H2,1-2H3,(H,10,12). The van der Waals surface area contributed by atoms with Gasteiger partial charge in [-0.05, 0) is 40.3 Å². The smallest absolute Gasteiger partial charge is 0.168 e. The van der Waals surface area contributed by atoms with E-state index in [0.717, 1.165) is 15.4 Å². The lowest BCUT2D eigenvalue weighted by Gasteiger charge is -2.18. The highest BCUT2D eigenvalue weighted by Crippen LogP contribution is 2.22. The monoisotopic (exact) mass is 278 g/mol. The van der Waals surface area contributed by atoms with Gasteiger partial charge in [0.1, 0.15) is 0 Å². The summed E-state index contributed by atoms with van der Waals surface area (Å²) < 4.78 is 1.16. The van der Waals surface area contributed by atoms with Gasteiger partial charge in [-0.3, -0.25) is 0 Å². The lowest BCUT2D eigenvalue weighted by Crippen LogP contribution is -2.33. The molecule has 0 unspecified atom stereocenters. The summed E-state index contributed by atoms with van der Waals surface area (Å²) in [5, 5.41) is 3.71. The number of nitrogens with one attached hydrogen (secondary N) is 1. The second-order valence-corrected chi connectivity index (χ2v) is 5.55. The van der Waals surface area contributed by atoms with Crippen LogP contribution in [0.4, 0.5) is 0 Å². The SMILES string of the molecule is CNC(=S)N(C)Cc1ccc(Br)s1. The minimum Gasteiger partial charge on any atom is -0.366 e. The molecule has 0 saturated carbocycles. The van der Waals surface area contributed by atoms with Gasteiger partial charge in [-0.15, -0.1) is 11.3 Å². The van der Waals surface area contributed by atoms with Crippen LogP contribution in [-0.4, -0.2) is 24.1 Å². The van der Waals surface area contributed by atoms with Crippen molar-refractivity contribution in [2.45, 2.75) is 6.54 Å². The van der Waals surface area contributed by atoms with Crippen molar-refractivity contribution in [3.05, 3.63) is 20.8 Å². The van der Waals surface area contributed by atoms with Crippen molar-refractivity contribution in [3.63, 3.8) is 0 Å². The Kier molecular flexibility index (Phi) is 4.15. The van der Waals surface area contributed by atoms with Crippen molar-refractivity contribution in [1.82, 2.24) is 10.2 Å². The number of halogens is 1. The zero-order valence-corrected chi connectivity index (χ0v) is 10.7. The van der Waals surface area contributed by atoms with E-state index in [-0.39, 0.29) is 0 Å². The molecule has 0 aliphatic carbocycles. The van der Waals surface area contributed by atoms with E-state index in [2.05, 4.69) is 33.4 Å². The van der Waals surface area contributed by atoms with E-state index in [4.69, 9.17) is 12.2 Å². The molecule has 0 fully saturated rings. The van der Waals surface area contributed by atoms with Crippen molar-refractivity contribution >= 4 is 44.6 Å². The summed E-state index contributed by atoms with van der Waals surface area (Å²) in [6.07, 6.45) is 0. The van der Waals surface area contributed by atoms with Crippen molar-refractivity contribution in [2.75, 3.05) is 14.1 Å². The van der Waals surface area contributed by atoms with Crippen molar-refractivity contribution in [1.29, 1.82) is 0 Å². The van der Waals surface area contributed by atoms with Crippen molar-refractivity contribution < 1.29 is 0 Å². The Morgan fingerprint density at radius 3 is 2.85 bits per heavy atom. The van der Waals surface area contributed by atoms with E-state index in [1.165, 1.54) is 4.88 Å². The molecule has 13 heavy (non-hydrogen) atoms. The number of thiocarbonyl (C=S) groups is 1. The summed E-state index contributed by atoms with van der Waals surface area (Å²) in [7, 11) is 3.82. The molecule has 72 valence electrons. The van der Waals surface area contributed by atoms with Crippen LogP contribution >= 0.6 is 39.5 Å². The normalized spacial score (nSPS) is 9.77. The fraction of sp³-hybridized carbons (Fsp3) is 0.375. The van der Waals surface area contributed by atoms with Crippen LogP contribution in [0.2, 0.25) is 0 Å². The molecule has 2 nitrogen and oxygen atoms in total. The first-order chi connectivity index (χ1) is 6.13. The molecule has 0 aliphatic heterocycles. The largest absolute Gasteiger partial charge is 0.366 e. The summed E-state index contributed by atoms with van der Waals surface area (Å²) >= 11 is 10.3. The molecule has 0 radical (unpaired) electrons. The van der Waals surface area contributed by atoms with Crippen molar-refractivity contribution in [2.24, 2.45) is 0 Å². The molecule has 1 heterocycles. The quantitative estimate of drug-likeness (QED) is 0.837. The molecule has 0 bridgehead atoms. The van der Waals surface area contributed by atoms with Gasteiger partial charge < -0.3 is 10.2 Å². The van der Waals surface area contributed by atoms with Gasteiger partial charge in [-0.25, -0.2) is 0 Å². The first kappa shape index (κ1) is 10.9. The molecule has 5 heteroatoms. The molecule has 0 amide bonds. The van der Waals surface area contributed by atoms with Gasteiger partial charge in [0.05, 0.1) is 10.3 Å². The van der Waals surface area contributed by atoms with E-state index in [0.29, 0.717) is 0 Å². The van der Waals surface area contributed by atoms with Crippen LogP contribution < -0.4 is 5.32 Å². The number of hydrogen-bond donors (Lipinski definition) is 1. The molecular formula is C8H11BrN2S2. The molecular weight excluding hydrogens is 268 g/mol. The van der Waals surface area contributed by atoms with Crippen LogP contribution in [0, 0.1) is 0 Å². The fourth-order valence-corrected chi connectivity index (χ4v) is 2.53. The van der Waals surface area contributed by atoms with E-state index in [1.807, 2.05) is 19.0 Å². The van der Waals surface area contributed by atoms with Crippen molar-refractivity contribution in [3.8, 4) is 0 Å². The predicted octanol–water partition coefficient (Wildman–Crippen LogP) is 2.45. The van der Waals surface area contributed by atoms with Gasteiger partial charge in [0, 0.05) is 19.0 Å². The molecule has 0 aliphatic rings.